The number of thiocarbonyl (C=S) groups is 1. The number of halogens is 1. The van der Waals surface area contributed by atoms with Crippen molar-refractivity contribution < 1.29 is 13.9 Å². The lowest BCUT2D eigenvalue weighted by Crippen LogP contribution is -2.12. The third kappa shape index (κ3) is 4.35. The van der Waals surface area contributed by atoms with Crippen LogP contribution in [0.2, 0.25) is 0 Å². The molecule has 0 aromatic heterocycles. The zero-order chi connectivity index (χ0) is 14.4. The summed E-state index contributed by atoms with van der Waals surface area (Å²) in [6.45, 7) is 6.55. The Morgan fingerprint density at radius 3 is 2.26 bits per heavy atom. The summed E-state index contributed by atoms with van der Waals surface area (Å²) in [6.07, 6.45) is 0.464. The Morgan fingerprint density at radius 2 is 1.79 bits per heavy atom. The van der Waals surface area contributed by atoms with Crippen LogP contribution in [0.25, 0.3) is 0 Å². The third-order valence-corrected chi connectivity index (χ3v) is 2.87. The average Bonchev–Trinajstić information content (AvgIpc) is 2.31. The first-order chi connectivity index (χ1) is 8.99. The minimum absolute atomic E-state index is 0.0904. The standard InChI is InChI=1S/C14H20FNO2S/c1-4-17-12-7-10(9(3)6-14(16)19)11(15)8-13(12)18-5-2/h7-9H,4-6H2,1-3H3,(H2,16,19). The van der Waals surface area contributed by atoms with Crippen molar-refractivity contribution in [3.8, 4) is 11.5 Å². The molecule has 5 heteroatoms. The van der Waals surface area contributed by atoms with Crippen molar-refractivity contribution in [1.29, 1.82) is 0 Å². The largest absolute Gasteiger partial charge is 0.490 e. The second-order valence-electron chi connectivity index (χ2n) is 4.26. The van der Waals surface area contributed by atoms with Crippen LogP contribution in [0.4, 0.5) is 4.39 Å². The van der Waals surface area contributed by atoms with Gasteiger partial charge in [-0.2, -0.15) is 0 Å². The molecule has 0 saturated carbocycles. The molecule has 2 N–H and O–H groups in total. The topological polar surface area (TPSA) is 44.5 Å². The second-order valence-corrected chi connectivity index (χ2v) is 4.78. The molecule has 1 aromatic carbocycles. The van der Waals surface area contributed by atoms with Crippen molar-refractivity contribution in [2.75, 3.05) is 13.2 Å². The molecule has 0 fully saturated rings. The van der Waals surface area contributed by atoms with E-state index in [0.717, 1.165) is 0 Å². The van der Waals surface area contributed by atoms with E-state index in [2.05, 4.69) is 0 Å². The van der Waals surface area contributed by atoms with E-state index in [1.165, 1.54) is 6.07 Å². The molecule has 0 amide bonds. The van der Waals surface area contributed by atoms with Gasteiger partial charge in [0, 0.05) is 12.5 Å². The van der Waals surface area contributed by atoms with E-state index in [1.807, 2.05) is 20.8 Å². The van der Waals surface area contributed by atoms with Gasteiger partial charge in [-0.15, -0.1) is 0 Å². The average molecular weight is 285 g/mol. The molecule has 0 aliphatic carbocycles. The molecule has 1 aromatic rings. The van der Waals surface area contributed by atoms with Gasteiger partial charge in [0.25, 0.3) is 0 Å². The zero-order valence-electron chi connectivity index (χ0n) is 11.5. The van der Waals surface area contributed by atoms with E-state index < -0.39 is 0 Å². The smallest absolute Gasteiger partial charge is 0.164 e. The highest BCUT2D eigenvalue weighted by Crippen LogP contribution is 2.34. The normalized spacial score (nSPS) is 12.0. The van der Waals surface area contributed by atoms with Crippen LogP contribution in [0.5, 0.6) is 11.5 Å². The highest BCUT2D eigenvalue weighted by atomic mass is 32.1. The van der Waals surface area contributed by atoms with Crippen LogP contribution < -0.4 is 15.2 Å². The van der Waals surface area contributed by atoms with E-state index in [9.17, 15) is 4.39 Å². The van der Waals surface area contributed by atoms with Crippen LogP contribution in [0.15, 0.2) is 12.1 Å². The molecule has 0 saturated heterocycles. The van der Waals surface area contributed by atoms with Crippen LogP contribution in [0, 0.1) is 5.82 Å². The Hall–Kier alpha value is -1.36. The summed E-state index contributed by atoms with van der Waals surface area (Å²) in [6, 6.07) is 3.03. The number of hydrogen-bond acceptors (Lipinski definition) is 3. The van der Waals surface area contributed by atoms with Crippen molar-refractivity contribution in [3.05, 3.63) is 23.5 Å². The Morgan fingerprint density at radius 1 is 1.26 bits per heavy atom. The summed E-state index contributed by atoms with van der Waals surface area (Å²) >= 11 is 4.87. The van der Waals surface area contributed by atoms with Gasteiger partial charge in [0.1, 0.15) is 5.82 Å². The molecule has 0 radical (unpaired) electrons. The zero-order valence-corrected chi connectivity index (χ0v) is 12.3. The molecule has 0 spiro atoms. The molecule has 19 heavy (non-hydrogen) atoms. The van der Waals surface area contributed by atoms with Crippen molar-refractivity contribution in [3.63, 3.8) is 0 Å². The van der Waals surface area contributed by atoms with Gasteiger partial charge in [0.2, 0.25) is 0 Å². The van der Waals surface area contributed by atoms with Crippen molar-refractivity contribution >= 4 is 17.2 Å². The van der Waals surface area contributed by atoms with Gasteiger partial charge in [-0.05, 0) is 31.4 Å². The summed E-state index contributed by atoms with van der Waals surface area (Å²) in [4.78, 5) is 0.374. The summed E-state index contributed by atoms with van der Waals surface area (Å²) < 4.78 is 24.9. The van der Waals surface area contributed by atoms with Gasteiger partial charge < -0.3 is 15.2 Å². The lowest BCUT2D eigenvalue weighted by molar-refractivity contribution is 0.285. The predicted molar refractivity (Wildman–Crippen MR) is 78.6 cm³/mol. The molecule has 0 aliphatic rings. The van der Waals surface area contributed by atoms with Gasteiger partial charge in [0.05, 0.1) is 18.2 Å². The molecule has 1 atom stereocenters. The summed E-state index contributed by atoms with van der Waals surface area (Å²) in [5, 5.41) is 0. The van der Waals surface area contributed by atoms with E-state index >= 15 is 0 Å². The lowest BCUT2D eigenvalue weighted by atomic mass is 9.96. The Labute approximate surface area is 118 Å². The van der Waals surface area contributed by atoms with Crippen LogP contribution in [-0.4, -0.2) is 18.2 Å². The molecule has 106 valence electrons. The van der Waals surface area contributed by atoms with Gasteiger partial charge in [-0.1, -0.05) is 19.1 Å². The van der Waals surface area contributed by atoms with Crippen molar-refractivity contribution in [2.24, 2.45) is 5.73 Å². The lowest BCUT2D eigenvalue weighted by Gasteiger charge is -2.17. The Bertz CT molecular complexity index is 451. The SMILES string of the molecule is CCOc1cc(F)c(C(C)CC(N)=S)cc1OCC. The monoisotopic (exact) mass is 285 g/mol. The molecule has 0 bridgehead atoms. The minimum atomic E-state index is -0.323. The highest BCUT2D eigenvalue weighted by molar-refractivity contribution is 7.80. The van der Waals surface area contributed by atoms with Crippen molar-refractivity contribution in [2.45, 2.75) is 33.1 Å². The maximum Gasteiger partial charge on any atom is 0.164 e. The Balaban J connectivity index is 3.11. The number of nitrogens with two attached hydrogens (primary N) is 1. The number of rotatable bonds is 7. The first kappa shape index (κ1) is 15.7. The minimum Gasteiger partial charge on any atom is -0.490 e. The van der Waals surface area contributed by atoms with Crippen molar-refractivity contribution in [1.82, 2.24) is 0 Å². The number of hydrogen-bond donors (Lipinski definition) is 1. The summed E-state index contributed by atoms with van der Waals surface area (Å²) in [5.74, 6) is 0.562. The molecule has 0 heterocycles. The van der Waals surface area contributed by atoms with E-state index in [0.29, 0.717) is 41.7 Å². The van der Waals surface area contributed by atoms with Crippen LogP contribution in [0.3, 0.4) is 0 Å². The van der Waals surface area contributed by atoms with Gasteiger partial charge >= 0.3 is 0 Å². The summed E-state index contributed by atoms with van der Waals surface area (Å²) in [7, 11) is 0. The molecule has 1 rings (SSSR count). The van der Waals surface area contributed by atoms with Gasteiger partial charge in [0.15, 0.2) is 11.5 Å². The fourth-order valence-electron chi connectivity index (χ4n) is 1.88. The van der Waals surface area contributed by atoms with Gasteiger partial charge in [-0.25, -0.2) is 4.39 Å². The molecule has 1 unspecified atom stereocenters. The number of ether oxygens (including phenoxy) is 2. The second kappa shape index (κ2) is 7.28. The molecular weight excluding hydrogens is 265 g/mol. The predicted octanol–water partition coefficient (Wildman–Crippen LogP) is 3.40. The number of benzene rings is 1. The highest BCUT2D eigenvalue weighted by Gasteiger charge is 2.17. The third-order valence-electron chi connectivity index (χ3n) is 2.70. The molecular formula is C14H20FNO2S. The van der Waals surface area contributed by atoms with Crippen LogP contribution in [-0.2, 0) is 0 Å². The first-order valence-corrected chi connectivity index (χ1v) is 6.77. The Kier molecular flexibility index (Phi) is 6.02. The first-order valence-electron chi connectivity index (χ1n) is 6.36. The fraction of sp³-hybridized carbons (Fsp3) is 0.500. The van der Waals surface area contributed by atoms with Crippen LogP contribution in [0.1, 0.15) is 38.7 Å². The molecule has 3 nitrogen and oxygen atoms in total. The van der Waals surface area contributed by atoms with E-state index in [1.54, 1.807) is 6.07 Å². The maximum atomic E-state index is 14.1. The van der Waals surface area contributed by atoms with Crippen LogP contribution >= 0.6 is 12.2 Å². The van der Waals surface area contributed by atoms with Gasteiger partial charge in [-0.3, -0.25) is 0 Å². The fourth-order valence-corrected chi connectivity index (χ4v) is 2.13. The van der Waals surface area contributed by atoms with E-state index in [-0.39, 0.29) is 11.7 Å². The quantitative estimate of drug-likeness (QED) is 0.780. The maximum absolute atomic E-state index is 14.1. The van der Waals surface area contributed by atoms with E-state index in [4.69, 9.17) is 27.4 Å². The molecule has 0 aliphatic heterocycles. The summed E-state index contributed by atoms with van der Waals surface area (Å²) in [5.41, 5.74) is 6.05.